The zero-order valence-corrected chi connectivity index (χ0v) is 17.8. The second kappa shape index (κ2) is 10.8. The molecule has 0 bridgehead atoms. The number of ketones is 1. The molecule has 160 valence electrons. The van der Waals surface area contributed by atoms with Gasteiger partial charge in [0.2, 0.25) is 0 Å². The van der Waals surface area contributed by atoms with Gasteiger partial charge in [0.1, 0.15) is 18.2 Å². The molecule has 0 radical (unpaired) electrons. The largest absolute Gasteiger partial charge is 0.456 e. The summed E-state index contributed by atoms with van der Waals surface area (Å²) in [7, 11) is 0. The summed E-state index contributed by atoms with van der Waals surface area (Å²) in [6.45, 7) is 5.69. The van der Waals surface area contributed by atoms with Crippen molar-refractivity contribution >= 4 is 17.8 Å². The van der Waals surface area contributed by atoms with Gasteiger partial charge in [-0.15, -0.1) is 0 Å². The van der Waals surface area contributed by atoms with Crippen molar-refractivity contribution in [1.82, 2.24) is 4.90 Å². The Kier molecular flexibility index (Phi) is 8.77. The highest BCUT2D eigenvalue weighted by Crippen LogP contribution is 2.24. The fraction of sp³-hybridized carbons (Fsp3) is 0.864. The number of carbonyl (C=O) groups is 3. The van der Waals surface area contributed by atoms with Crippen LogP contribution in [0.15, 0.2) is 0 Å². The van der Waals surface area contributed by atoms with Crippen molar-refractivity contribution in [1.29, 1.82) is 0 Å². The lowest BCUT2D eigenvalue weighted by molar-refractivity contribution is -0.153. The maximum absolute atomic E-state index is 12.6. The number of ether oxygens (including phenoxy) is 2. The molecule has 6 heteroatoms. The molecule has 2 fully saturated rings. The highest BCUT2D eigenvalue weighted by Gasteiger charge is 2.38. The predicted molar refractivity (Wildman–Crippen MR) is 107 cm³/mol. The van der Waals surface area contributed by atoms with Crippen molar-refractivity contribution in [3.8, 4) is 0 Å². The predicted octanol–water partition coefficient (Wildman–Crippen LogP) is 4.64. The molecule has 0 aromatic carbocycles. The molecule has 1 unspecified atom stereocenters. The summed E-state index contributed by atoms with van der Waals surface area (Å²) in [5.41, 5.74) is -0.611. The number of amides is 1. The van der Waals surface area contributed by atoms with E-state index in [2.05, 4.69) is 0 Å². The zero-order chi connectivity index (χ0) is 20.6. The van der Waals surface area contributed by atoms with E-state index < -0.39 is 23.7 Å². The number of Topliss-reactive ketones (excluding diaryl/α,β-unsaturated/α-hetero) is 1. The Bertz CT molecular complexity index is 530. The average molecular weight is 396 g/mol. The van der Waals surface area contributed by atoms with Crippen LogP contribution in [0.4, 0.5) is 4.79 Å². The van der Waals surface area contributed by atoms with Crippen LogP contribution in [0.1, 0.15) is 91.4 Å². The summed E-state index contributed by atoms with van der Waals surface area (Å²) in [5, 5.41) is 0. The van der Waals surface area contributed by atoms with E-state index in [1.807, 2.05) is 0 Å². The van der Waals surface area contributed by atoms with Gasteiger partial charge in [-0.3, -0.25) is 9.69 Å². The van der Waals surface area contributed by atoms with Crippen molar-refractivity contribution < 1.29 is 23.9 Å². The molecule has 0 aromatic heterocycles. The van der Waals surface area contributed by atoms with E-state index in [4.69, 9.17) is 9.47 Å². The van der Waals surface area contributed by atoms with E-state index in [1.165, 1.54) is 37.0 Å². The number of hydrogen-bond donors (Lipinski definition) is 0. The SMILES string of the molecule is CC(C)(C)OC(=O)N1CCCC1C(=O)OCC(=O)C1CCCCCCCCC1. The summed E-state index contributed by atoms with van der Waals surface area (Å²) in [4.78, 5) is 38.9. The van der Waals surface area contributed by atoms with Gasteiger partial charge in [-0.25, -0.2) is 9.59 Å². The average Bonchev–Trinajstić information content (AvgIpc) is 3.12. The third-order valence-corrected chi connectivity index (χ3v) is 5.57. The van der Waals surface area contributed by atoms with Crippen LogP contribution in [0.2, 0.25) is 0 Å². The third kappa shape index (κ3) is 7.44. The van der Waals surface area contributed by atoms with Crippen LogP contribution in [0, 0.1) is 5.92 Å². The first-order valence-corrected chi connectivity index (χ1v) is 11.0. The molecule has 2 rings (SSSR count). The second-order valence-electron chi connectivity index (χ2n) is 9.15. The summed E-state index contributed by atoms with van der Waals surface area (Å²) >= 11 is 0. The van der Waals surface area contributed by atoms with Crippen molar-refractivity contribution in [3.05, 3.63) is 0 Å². The summed E-state index contributed by atoms with van der Waals surface area (Å²) in [6.07, 6.45) is 10.9. The highest BCUT2D eigenvalue weighted by atomic mass is 16.6. The highest BCUT2D eigenvalue weighted by molar-refractivity contribution is 5.87. The number of rotatable bonds is 4. The first-order valence-electron chi connectivity index (χ1n) is 11.0. The number of carbonyl (C=O) groups excluding carboxylic acids is 3. The normalized spacial score (nSPS) is 22.5. The van der Waals surface area contributed by atoms with Gasteiger partial charge in [-0.1, -0.05) is 44.9 Å². The smallest absolute Gasteiger partial charge is 0.411 e. The van der Waals surface area contributed by atoms with Crippen LogP contribution in [0.5, 0.6) is 0 Å². The Morgan fingerprint density at radius 3 is 2.00 bits per heavy atom. The Morgan fingerprint density at radius 1 is 0.857 bits per heavy atom. The van der Waals surface area contributed by atoms with Gasteiger partial charge in [0.05, 0.1) is 0 Å². The minimum Gasteiger partial charge on any atom is -0.456 e. The van der Waals surface area contributed by atoms with Crippen LogP contribution in [-0.2, 0) is 19.1 Å². The maximum atomic E-state index is 12.6. The van der Waals surface area contributed by atoms with E-state index >= 15 is 0 Å². The molecule has 1 saturated carbocycles. The van der Waals surface area contributed by atoms with E-state index in [1.54, 1.807) is 20.8 Å². The number of likely N-dealkylation sites (tertiary alicyclic amines) is 1. The molecule has 1 aliphatic carbocycles. The van der Waals surface area contributed by atoms with E-state index in [-0.39, 0.29) is 18.3 Å². The summed E-state index contributed by atoms with van der Waals surface area (Å²) in [5.74, 6) is -0.469. The quantitative estimate of drug-likeness (QED) is 0.649. The van der Waals surface area contributed by atoms with Gasteiger partial charge in [-0.2, -0.15) is 0 Å². The van der Waals surface area contributed by atoms with Crippen LogP contribution in [-0.4, -0.2) is 47.5 Å². The van der Waals surface area contributed by atoms with Gasteiger partial charge >= 0.3 is 12.1 Å². The first kappa shape index (κ1) is 22.7. The molecule has 1 heterocycles. The van der Waals surface area contributed by atoms with Crippen LogP contribution < -0.4 is 0 Å². The second-order valence-corrected chi connectivity index (χ2v) is 9.15. The lowest BCUT2D eigenvalue weighted by atomic mass is 9.89. The van der Waals surface area contributed by atoms with Gasteiger partial charge < -0.3 is 9.47 Å². The van der Waals surface area contributed by atoms with Crippen LogP contribution in [0.3, 0.4) is 0 Å². The van der Waals surface area contributed by atoms with Crippen molar-refractivity contribution in [2.24, 2.45) is 5.92 Å². The monoisotopic (exact) mass is 395 g/mol. The zero-order valence-electron chi connectivity index (χ0n) is 17.8. The van der Waals surface area contributed by atoms with Gasteiger partial charge in [0.15, 0.2) is 5.78 Å². The molecule has 0 spiro atoms. The van der Waals surface area contributed by atoms with Gasteiger partial charge in [0, 0.05) is 12.5 Å². The fourth-order valence-electron chi connectivity index (χ4n) is 4.04. The van der Waals surface area contributed by atoms with E-state index in [0.29, 0.717) is 13.0 Å². The minimum atomic E-state index is -0.647. The Morgan fingerprint density at radius 2 is 1.43 bits per heavy atom. The molecular weight excluding hydrogens is 358 g/mol. The summed E-state index contributed by atoms with van der Waals surface area (Å²) in [6, 6.07) is -0.647. The molecule has 1 amide bonds. The molecule has 6 nitrogen and oxygen atoms in total. The van der Waals surface area contributed by atoms with Crippen LogP contribution >= 0.6 is 0 Å². The molecule has 0 N–H and O–H groups in total. The molecule has 1 aliphatic heterocycles. The lowest BCUT2D eigenvalue weighted by Gasteiger charge is -2.27. The molecular formula is C22H37NO5. The molecule has 0 aromatic rings. The van der Waals surface area contributed by atoms with E-state index in [9.17, 15) is 14.4 Å². The van der Waals surface area contributed by atoms with Gasteiger partial charge in [-0.05, 0) is 46.5 Å². The lowest BCUT2D eigenvalue weighted by Crippen LogP contribution is -2.44. The number of esters is 1. The first-order chi connectivity index (χ1) is 13.3. The molecule has 2 aliphatic rings. The summed E-state index contributed by atoms with van der Waals surface area (Å²) < 4.78 is 10.7. The molecule has 28 heavy (non-hydrogen) atoms. The Balaban J connectivity index is 1.83. The Hall–Kier alpha value is -1.59. The maximum Gasteiger partial charge on any atom is 0.411 e. The van der Waals surface area contributed by atoms with E-state index in [0.717, 1.165) is 32.1 Å². The number of hydrogen-bond acceptors (Lipinski definition) is 5. The standard InChI is InChI=1S/C22H37NO5/c1-22(2,3)28-21(26)23-15-11-14-18(23)20(25)27-16-19(24)17-12-9-7-5-4-6-8-10-13-17/h17-18H,4-16H2,1-3H3. The van der Waals surface area contributed by atoms with Crippen LogP contribution in [0.25, 0.3) is 0 Å². The van der Waals surface area contributed by atoms with Crippen molar-refractivity contribution in [2.75, 3.05) is 13.2 Å². The molecule has 1 atom stereocenters. The fourth-order valence-corrected chi connectivity index (χ4v) is 4.04. The third-order valence-electron chi connectivity index (χ3n) is 5.57. The minimum absolute atomic E-state index is 0.00330. The van der Waals surface area contributed by atoms with Gasteiger partial charge in [0.25, 0.3) is 0 Å². The van der Waals surface area contributed by atoms with Crippen molar-refractivity contribution in [2.45, 2.75) is 103 Å². The van der Waals surface area contributed by atoms with Crippen molar-refractivity contribution in [3.63, 3.8) is 0 Å². The molecule has 1 saturated heterocycles. The Labute approximate surface area is 169 Å². The number of nitrogens with zero attached hydrogens (tertiary/aromatic N) is 1. The topological polar surface area (TPSA) is 72.9 Å².